The summed E-state index contributed by atoms with van der Waals surface area (Å²) < 4.78 is 32.4. The Labute approximate surface area is 156 Å². The van der Waals surface area contributed by atoms with Gasteiger partial charge in [-0.15, -0.1) is 0 Å². The molecular weight excluding hydrogens is 425 g/mol. The topological polar surface area (TPSA) is 44.8 Å². The fourth-order valence-electron chi connectivity index (χ4n) is 2.65. The molecule has 0 spiro atoms. The molecule has 0 aromatic heterocycles. The van der Waals surface area contributed by atoms with Crippen LogP contribution in [0.4, 0.5) is 4.39 Å². The van der Waals surface area contributed by atoms with Gasteiger partial charge in [0.15, 0.2) is 0 Å². The highest BCUT2D eigenvalue weighted by Gasteiger charge is 2.55. The van der Waals surface area contributed by atoms with Crippen LogP contribution in [0.15, 0.2) is 18.2 Å². The van der Waals surface area contributed by atoms with Gasteiger partial charge in [0.2, 0.25) is 0 Å². The van der Waals surface area contributed by atoms with E-state index < -0.39 is 30.1 Å². The molecule has 0 amide bonds. The number of halogens is 2. The number of ether oxygens (including phenoxy) is 1. The summed E-state index contributed by atoms with van der Waals surface area (Å²) >= 11 is 2.07. The molecule has 1 aromatic carbocycles. The Hall–Kier alpha value is -0.665. The Balaban J connectivity index is 2.40. The van der Waals surface area contributed by atoms with E-state index in [1.807, 2.05) is 33.8 Å². The van der Waals surface area contributed by atoms with Crippen LogP contribution in [-0.2, 0) is 18.8 Å². The molecule has 1 aliphatic rings. The zero-order valence-electron chi connectivity index (χ0n) is 14.7. The van der Waals surface area contributed by atoms with Gasteiger partial charge in [-0.3, -0.25) is 4.79 Å². The van der Waals surface area contributed by atoms with Crippen molar-refractivity contribution in [2.75, 3.05) is 6.61 Å². The predicted molar refractivity (Wildman–Crippen MR) is 99.2 cm³/mol. The molecule has 0 N–H and O–H groups in total. The van der Waals surface area contributed by atoms with Gasteiger partial charge in [-0.2, -0.15) is 0 Å². The van der Waals surface area contributed by atoms with E-state index in [1.165, 1.54) is 6.07 Å². The number of carbonyl (C=O) groups is 1. The third-order valence-corrected chi connectivity index (χ3v) is 5.60. The molecular formula is C17H23BFIO4. The minimum atomic E-state index is -0.718. The summed E-state index contributed by atoms with van der Waals surface area (Å²) in [6.45, 7) is 9.75. The quantitative estimate of drug-likeness (QED) is 0.387. The van der Waals surface area contributed by atoms with E-state index in [0.29, 0.717) is 5.56 Å². The van der Waals surface area contributed by atoms with Gasteiger partial charge in [0.25, 0.3) is 0 Å². The summed E-state index contributed by atoms with van der Waals surface area (Å²) in [7, 11) is -0.718. The lowest BCUT2D eigenvalue weighted by Gasteiger charge is -2.32. The zero-order valence-corrected chi connectivity index (χ0v) is 16.8. The van der Waals surface area contributed by atoms with E-state index in [0.717, 1.165) is 3.57 Å². The van der Waals surface area contributed by atoms with Gasteiger partial charge >= 0.3 is 13.1 Å². The van der Waals surface area contributed by atoms with Crippen molar-refractivity contribution in [3.05, 3.63) is 33.1 Å². The number of esters is 1. The molecule has 2 rings (SSSR count). The Morgan fingerprint density at radius 2 is 1.88 bits per heavy atom. The summed E-state index contributed by atoms with van der Waals surface area (Å²) in [5.41, 5.74) is -0.674. The monoisotopic (exact) mass is 448 g/mol. The number of hydrogen-bond acceptors (Lipinski definition) is 4. The lowest BCUT2D eigenvalue weighted by Crippen LogP contribution is -2.41. The molecule has 1 atom stereocenters. The number of rotatable bonds is 5. The number of hydrogen-bond donors (Lipinski definition) is 0. The summed E-state index contributed by atoms with van der Waals surface area (Å²) in [6, 6.07) is 4.84. The molecule has 7 heteroatoms. The lowest BCUT2D eigenvalue weighted by molar-refractivity contribution is -0.143. The van der Waals surface area contributed by atoms with Crippen LogP contribution in [-0.4, -0.2) is 30.9 Å². The summed E-state index contributed by atoms with van der Waals surface area (Å²) in [5, 5.41) is 0. The summed E-state index contributed by atoms with van der Waals surface area (Å²) in [4.78, 5) is 12.1. The van der Waals surface area contributed by atoms with Crippen molar-refractivity contribution in [3.63, 3.8) is 0 Å². The van der Waals surface area contributed by atoms with Crippen LogP contribution in [0.5, 0.6) is 0 Å². The second-order valence-corrected chi connectivity index (χ2v) is 8.04. The first-order valence-corrected chi connectivity index (χ1v) is 9.12. The van der Waals surface area contributed by atoms with Crippen LogP contribution in [0.25, 0.3) is 0 Å². The van der Waals surface area contributed by atoms with Crippen molar-refractivity contribution in [3.8, 4) is 0 Å². The molecule has 1 heterocycles. The summed E-state index contributed by atoms with van der Waals surface area (Å²) in [6.07, 6.45) is 0.00159. The normalized spacial score (nSPS) is 20.0. The molecule has 0 bridgehead atoms. The van der Waals surface area contributed by atoms with E-state index in [-0.39, 0.29) is 18.8 Å². The Morgan fingerprint density at radius 1 is 1.29 bits per heavy atom. The molecule has 1 aromatic rings. The molecule has 0 radical (unpaired) electrons. The fraction of sp³-hybridized carbons (Fsp3) is 0.588. The maximum Gasteiger partial charge on any atom is 0.466 e. The highest BCUT2D eigenvalue weighted by molar-refractivity contribution is 14.1. The minimum Gasteiger partial charge on any atom is -0.466 e. The van der Waals surface area contributed by atoms with Gasteiger partial charge in [-0.05, 0) is 69.3 Å². The van der Waals surface area contributed by atoms with Crippen molar-refractivity contribution in [2.24, 2.45) is 0 Å². The van der Waals surface area contributed by atoms with Crippen molar-refractivity contribution >= 4 is 35.7 Å². The van der Waals surface area contributed by atoms with Crippen LogP contribution in [0.1, 0.15) is 52.4 Å². The number of benzene rings is 1. The van der Waals surface area contributed by atoms with Crippen molar-refractivity contribution in [1.29, 1.82) is 0 Å². The van der Waals surface area contributed by atoms with Crippen molar-refractivity contribution in [2.45, 2.75) is 58.1 Å². The van der Waals surface area contributed by atoms with Gasteiger partial charge in [0, 0.05) is 15.0 Å². The van der Waals surface area contributed by atoms with Crippen LogP contribution in [0.3, 0.4) is 0 Å². The highest BCUT2D eigenvalue weighted by atomic mass is 127. The molecule has 24 heavy (non-hydrogen) atoms. The maximum absolute atomic E-state index is 14.5. The third-order valence-electron chi connectivity index (χ3n) is 4.66. The molecule has 1 fully saturated rings. The van der Waals surface area contributed by atoms with E-state index >= 15 is 0 Å². The van der Waals surface area contributed by atoms with Gasteiger partial charge < -0.3 is 14.0 Å². The van der Waals surface area contributed by atoms with Crippen LogP contribution < -0.4 is 0 Å². The van der Waals surface area contributed by atoms with Crippen molar-refractivity contribution < 1.29 is 23.2 Å². The fourth-order valence-corrected chi connectivity index (χ4v) is 3.52. The molecule has 4 nitrogen and oxygen atoms in total. The largest absolute Gasteiger partial charge is 0.466 e. The average Bonchev–Trinajstić information content (AvgIpc) is 2.66. The molecule has 0 saturated carbocycles. The van der Waals surface area contributed by atoms with E-state index in [4.69, 9.17) is 14.0 Å². The average molecular weight is 448 g/mol. The minimum absolute atomic E-state index is 0.00159. The van der Waals surface area contributed by atoms with E-state index in [2.05, 4.69) is 22.6 Å². The van der Waals surface area contributed by atoms with E-state index in [9.17, 15) is 9.18 Å². The molecule has 1 aliphatic heterocycles. The molecule has 0 aliphatic carbocycles. The lowest BCUT2D eigenvalue weighted by atomic mass is 9.66. The predicted octanol–water partition coefficient (Wildman–Crippen LogP) is 4.10. The maximum atomic E-state index is 14.5. The Morgan fingerprint density at radius 3 is 2.38 bits per heavy atom. The van der Waals surface area contributed by atoms with Crippen LogP contribution in [0.2, 0.25) is 0 Å². The smallest absolute Gasteiger partial charge is 0.466 e. The van der Waals surface area contributed by atoms with Crippen molar-refractivity contribution in [1.82, 2.24) is 0 Å². The molecule has 1 unspecified atom stereocenters. The van der Waals surface area contributed by atoms with Gasteiger partial charge in [-0.25, -0.2) is 4.39 Å². The Kier molecular flexibility index (Phi) is 5.97. The second-order valence-electron chi connectivity index (χ2n) is 6.88. The Bertz CT molecular complexity index is 584. The second kappa shape index (κ2) is 7.29. The van der Waals surface area contributed by atoms with Crippen LogP contribution >= 0.6 is 22.6 Å². The first-order valence-electron chi connectivity index (χ1n) is 8.04. The first kappa shape index (κ1) is 19.7. The van der Waals surface area contributed by atoms with E-state index in [1.54, 1.807) is 13.0 Å². The summed E-state index contributed by atoms with van der Waals surface area (Å²) in [5.74, 6) is -1.33. The van der Waals surface area contributed by atoms with Crippen LogP contribution in [0, 0.1) is 9.39 Å². The van der Waals surface area contributed by atoms with Gasteiger partial charge in [0.1, 0.15) is 5.82 Å². The zero-order chi connectivity index (χ0) is 18.1. The number of carbonyl (C=O) groups excluding carboxylic acids is 1. The highest BCUT2D eigenvalue weighted by Crippen LogP contribution is 2.43. The van der Waals surface area contributed by atoms with Gasteiger partial charge in [-0.1, -0.05) is 6.07 Å². The third kappa shape index (κ3) is 3.94. The molecule has 132 valence electrons. The van der Waals surface area contributed by atoms with Gasteiger partial charge in [0.05, 0.1) is 24.2 Å². The molecule has 1 saturated heterocycles. The standard InChI is InChI=1S/C17H23BFIO4/c1-6-22-14(21)10-11(15-12(19)8-7-9-13(15)20)18-23-16(2,3)17(4,5)24-18/h7-9,11H,6,10H2,1-5H3. The first-order chi connectivity index (χ1) is 11.1. The SMILES string of the molecule is CCOC(=O)CC(B1OC(C)(C)C(C)(C)O1)c1c(F)cccc1I.